The number of aldehydes is 1. The number of carbonyl (C=O) groups excluding carboxylic acids is 1. The highest BCUT2D eigenvalue weighted by Gasteiger charge is 1.94. The first-order valence-corrected chi connectivity index (χ1v) is 13.8. The van der Waals surface area contributed by atoms with E-state index in [1.165, 1.54) is 128 Å². The van der Waals surface area contributed by atoms with Crippen molar-refractivity contribution >= 4 is 6.29 Å². The Labute approximate surface area is 195 Å². The van der Waals surface area contributed by atoms with Crippen molar-refractivity contribution in [1.29, 1.82) is 0 Å². The smallest absolute Gasteiger partial charge is 0.119 e. The molecule has 0 aromatic rings. The molecular weight excluding hydrogens is 376 g/mol. The van der Waals surface area contributed by atoms with Gasteiger partial charge in [0.15, 0.2) is 0 Å². The molecule has 0 aromatic heterocycles. The van der Waals surface area contributed by atoms with Gasteiger partial charge in [0.25, 0.3) is 0 Å². The molecule has 0 N–H and O–H groups in total. The van der Waals surface area contributed by atoms with Crippen LogP contribution in [0.2, 0.25) is 0 Å². The van der Waals surface area contributed by atoms with Crippen molar-refractivity contribution in [2.24, 2.45) is 0 Å². The lowest BCUT2D eigenvalue weighted by atomic mass is 10.0. The molecule has 0 spiro atoms. The Bertz CT molecular complexity index is 443. The van der Waals surface area contributed by atoms with E-state index in [1.807, 2.05) is 0 Å². The van der Waals surface area contributed by atoms with Gasteiger partial charge in [0.2, 0.25) is 0 Å². The minimum Gasteiger partial charge on any atom is -0.303 e. The van der Waals surface area contributed by atoms with Crippen LogP contribution in [0.25, 0.3) is 0 Å². The molecule has 0 bridgehead atoms. The molecule has 180 valence electrons. The first-order valence-electron chi connectivity index (χ1n) is 13.8. The van der Waals surface area contributed by atoms with Gasteiger partial charge in [-0.15, -0.1) is 0 Å². The van der Waals surface area contributed by atoms with E-state index in [1.54, 1.807) is 0 Å². The minimum absolute atomic E-state index is 0.733. The molecule has 0 aliphatic carbocycles. The fraction of sp³-hybridized carbons (Fsp3) is 0.767. The van der Waals surface area contributed by atoms with E-state index < -0.39 is 0 Å². The molecule has 0 amide bonds. The number of unbranched alkanes of at least 4 members (excludes halogenated alkanes) is 18. The number of allylic oxidation sites excluding steroid dienone is 6. The van der Waals surface area contributed by atoms with Crippen molar-refractivity contribution in [3.8, 4) is 0 Å². The van der Waals surface area contributed by atoms with Crippen molar-refractivity contribution in [2.75, 3.05) is 0 Å². The second-order valence-electron chi connectivity index (χ2n) is 9.13. The summed E-state index contributed by atoms with van der Waals surface area (Å²) in [6.07, 6.45) is 39.9. The maximum atomic E-state index is 10.3. The molecule has 0 rings (SSSR count). The van der Waals surface area contributed by atoms with Crippen molar-refractivity contribution in [3.63, 3.8) is 0 Å². The molecule has 0 aliphatic heterocycles. The van der Waals surface area contributed by atoms with Gasteiger partial charge >= 0.3 is 0 Å². The van der Waals surface area contributed by atoms with E-state index in [0.29, 0.717) is 0 Å². The molecule has 31 heavy (non-hydrogen) atoms. The number of hydrogen-bond donors (Lipinski definition) is 0. The van der Waals surface area contributed by atoms with E-state index >= 15 is 0 Å². The molecular formula is C30H54O. The predicted molar refractivity (Wildman–Crippen MR) is 141 cm³/mol. The summed E-state index contributed by atoms with van der Waals surface area (Å²) in [5.74, 6) is 0. The van der Waals surface area contributed by atoms with Crippen LogP contribution in [0.5, 0.6) is 0 Å². The summed E-state index contributed by atoms with van der Waals surface area (Å²) in [4.78, 5) is 10.3. The van der Waals surface area contributed by atoms with Gasteiger partial charge in [-0.3, -0.25) is 0 Å². The standard InChI is InChI=1S/C30H54O/c1-3-5-7-9-10-11-12-13-14-16-19-23-27-30(26-22-8-6-4-2)28-24-20-17-15-18-21-25-29-31/h22-23,26-29H,3-21,24-25H2,1-2H3/b26-22-,27-23+,30-28+. The molecule has 0 atom stereocenters. The average molecular weight is 431 g/mol. The number of hydrogen-bond acceptors (Lipinski definition) is 1. The number of carbonyl (C=O) groups is 1. The fourth-order valence-corrected chi connectivity index (χ4v) is 3.87. The van der Waals surface area contributed by atoms with Crippen molar-refractivity contribution in [2.45, 2.75) is 149 Å². The van der Waals surface area contributed by atoms with Gasteiger partial charge in [-0.1, -0.05) is 134 Å². The van der Waals surface area contributed by atoms with Gasteiger partial charge in [-0.2, -0.15) is 0 Å². The monoisotopic (exact) mass is 430 g/mol. The van der Waals surface area contributed by atoms with E-state index in [-0.39, 0.29) is 0 Å². The Hall–Kier alpha value is -1.11. The molecule has 1 heteroatoms. The topological polar surface area (TPSA) is 17.1 Å². The zero-order valence-electron chi connectivity index (χ0n) is 21.2. The number of rotatable bonds is 24. The lowest BCUT2D eigenvalue weighted by molar-refractivity contribution is -0.107. The first kappa shape index (κ1) is 29.9. The van der Waals surface area contributed by atoms with Gasteiger partial charge in [0.1, 0.15) is 6.29 Å². The Morgan fingerprint density at radius 1 is 0.484 bits per heavy atom. The second-order valence-corrected chi connectivity index (χ2v) is 9.13. The van der Waals surface area contributed by atoms with Crippen molar-refractivity contribution in [3.05, 3.63) is 36.0 Å². The van der Waals surface area contributed by atoms with Crippen LogP contribution in [0.1, 0.15) is 149 Å². The zero-order valence-corrected chi connectivity index (χ0v) is 21.2. The Morgan fingerprint density at radius 2 is 0.903 bits per heavy atom. The first-order chi connectivity index (χ1) is 15.3. The normalized spacial score (nSPS) is 12.4. The zero-order chi connectivity index (χ0) is 22.7. The SMILES string of the molecule is CCCC\C=C/C(/C=C/CCCCCCCCCCCC)=C\CCCCCCCC=O. The highest BCUT2D eigenvalue weighted by molar-refractivity contribution is 5.48. The van der Waals surface area contributed by atoms with Crippen LogP contribution in [0.15, 0.2) is 36.0 Å². The molecule has 0 aliphatic rings. The van der Waals surface area contributed by atoms with Crippen LogP contribution in [-0.2, 0) is 4.79 Å². The Balaban J connectivity index is 3.97. The summed E-state index contributed by atoms with van der Waals surface area (Å²) in [6, 6.07) is 0. The highest BCUT2D eigenvalue weighted by atomic mass is 16.1. The van der Waals surface area contributed by atoms with Crippen LogP contribution in [0.3, 0.4) is 0 Å². The third-order valence-corrected chi connectivity index (χ3v) is 5.98. The van der Waals surface area contributed by atoms with Crippen molar-refractivity contribution in [1.82, 2.24) is 0 Å². The third kappa shape index (κ3) is 25.0. The fourth-order valence-electron chi connectivity index (χ4n) is 3.87. The molecule has 0 heterocycles. The van der Waals surface area contributed by atoms with Crippen molar-refractivity contribution < 1.29 is 4.79 Å². The van der Waals surface area contributed by atoms with Crippen LogP contribution in [0.4, 0.5) is 0 Å². The van der Waals surface area contributed by atoms with Crippen LogP contribution in [-0.4, -0.2) is 6.29 Å². The lowest BCUT2D eigenvalue weighted by Crippen LogP contribution is -1.82. The molecule has 0 saturated heterocycles. The highest BCUT2D eigenvalue weighted by Crippen LogP contribution is 2.13. The summed E-state index contributed by atoms with van der Waals surface area (Å²) in [7, 11) is 0. The van der Waals surface area contributed by atoms with E-state index in [2.05, 4.69) is 44.2 Å². The Kier molecular flexibility index (Phi) is 26.0. The van der Waals surface area contributed by atoms with E-state index in [9.17, 15) is 4.79 Å². The van der Waals surface area contributed by atoms with Gasteiger partial charge in [-0.05, 0) is 44.1 Å². The summed E-state index contributed by atoms with van der Waals surface area (Å²) < 4.78 is 0. The third-order valence-electron chi connectivity index (χ3n) is 5.98. The second kappa shape index (κ2) is 26.9. The van der Waals surface area contributed by atoms with Gasteiger partial charge in [-0.25, -0.2) is 0 Å². The quantitative estimate of drug-likeness (QED) is 0.0845. The Morgan fingerprint density at radius 3 is 1.42 bits per heavy atom. The largest absolute Gasteiger partial charge is 0.303 e. The molecule has 0 aromatic carbocycles. The minimum atomic E-state index is 0.733. The predicted octanol–water partition coefficient (Wildman–Crippen LogP) is 10.5. The maximum Gasteiger partial charge on any atom is 0.119 e. The summed E-state index contributed by atoms with van der Waals surface area (Å²) in [5.41, 5.74) is 1.39. The lowest BCUT2D eigenvalue weighted by Gasteiger charge is -2.01. The summed E-state index contributed by atoms with van der Waals surface area (Å²) in [5, 5.41) is 0. The van der Waals surface area contributed by atoms with Gasteiger partial charge < -0.3 is 4.79 Å². The van der Waals surface area contributed by atoms with Crippen LogP contribution < -0.4 is 0 Å². The van der Waals surface area contributed by atoms with Crippen LogP contribution >= 0.6 is 0 Å². The molecule has 1 nitrogen and oxygen atoms in total. The average Bonchev–Trinajstić information content (AvgIpc) is 2.78. The molecule has 0 fully saturated rings. The molecule has 0 unspecified atom stereocenters. The van der Waals surface area contributed by atoms with Crippen LogP contribution in [0, 0.1) is 0 Å². The molecule has 0 radical (unpaired) electrons. The van der Waals surface area contributed by atoms with E-state index in [0.717, 1.165) is 19.1 Å². The molecule has 0 saturated carbocycles. The maximum absolute atomic E-state index is 10.3. The van der Waals surface area contributed by atoms with Gasteiger partial charge in [0.05, 0.1) is 0 Å². The van der Waals surface area contributed by atoms with Gasteiger partial charge in [0, 0.05) is 6.42 Å². The van der Waals surface area contributed by atoms with E-state index in [4.69, 9.17) is 0 Å². The summed E-state index contributed by atoms with van der Waals surface area (Å²) in [6.45, 7) is 4.55. The summed E-state index contributed by atoms with van der Waals surface area (Å²) >= 11 is 0.